The van der Waals surface area contributed by atoms with Gasteiger partial charge < -0.3 is 10.1 Å². The lowest BCUT2D eigenvalue weighted by molar-refractivity contribution is -0.121. The van der Waals surface area contributed by atoms with Gasteiger partial charge in [-0.25, -0.2) is 4.98 Å². The van der Waals surface area contributed by atoms with Gasteiger partial charge in [-0.3, -0.25) is 14.2 Å². The molecule has 1 aromatic carbocycles. The van der Waals surface area contributed by atoms with Gasteiger partial charge in [0.15, 0.2) is 0 Å². The van der Waals surface area contributed by atoms with E-state index in [0.29, 0.717) is 23.4 Å². The molecule has 6 nitrogen and oxygen atoms in total. The second kappa shape index (κ2) is 8.11. The number of amides is 1. The molecule has 0 spiro atoms. The van der Waals surface area contributed by atoms with Crippen LogP contribution in [-0.4, -0.2) is 35.7 Å². The summed E-state index contributed by atoms with van der Waals surface area (Å²) in [5.41, 5.74) is 1.63. The van der Waals surface area contributed by atoms with Gasteiger partial charge in [-0.1, -0.05) is 28.1 Å². The summed E-state index contributed by atoms with van der Waals surface area (Å²) in [6, 6.07) is 7.81. The Morgan fingerprint density at radius 1 is 1.35 bits per heavy atom. The van der Waals surface area contributed by atoms with Crippen molar-refractivity contribution in [3.05, 3.63) is 50.3 Å². The summed E-state index contributed by atoms with van der Waals surface area (Å²) >= 11 is 4.91. The van der Waals surface area contributed by atoms with Crippen LogP contribution in [0.1, 0.15) is 4.88 Å². The lowest BCUT2D eigenvalue weighted by Crippen LogP contribution is -2.34. The molecule has 0 bridgehead atoms. The third-order valence-electron chi connectivity index (χ3n) is 3.93. The van der Waals surface area contributed by atoms with E-state index in [1.165, 1.54) is 22.2 Å². The number of thiophene rings is 1. The minimum absolute atomic E-state index is 0.0693. The van der Waals surface area contributed by atoms with Crippen LogP contribution in [0.25, 0.3) is 21.3 Å². The molecule has 1 amide bonds. The Hall–Kier alpha value is -2.03. The van der Waals surface area contributed by atoms with E-state index < -0.39 is 0 Å². The van der Waals surface area contributed by atoms with Crippen molar-refractivity contribution >= 4 is 43.4 Å². The van der Waals surface area contributed by atoms with Crippen molar-refractivity contribution in [3.8, 4) is 11.1 Å². The molecule has 0 aliphatic rings. The van der Waals surface area contributed by atoms with E-state index in [0.717, 1.165) is 20.5 Å². The molecule has 26 heavy (non-hydrogen) atoms. The number of nitrogens with one attached hydrogen (secondary N) is 1. The first-order chi connectivity index (χ1) is 12.5. The van der Waals surface area contributed by atoms with Gasteiger partial charge in [0.1, 0.15) is 11.4 Å². The Morgan fingerprint density at radius 3 is 2.77 bits per heavy atom. The summed E-state index contributed by atoms with van der Waals surface area (Å²) in [5, 5.41) is 3.27. The maximum absolute atomic E-state index is 13.0. The first kappa shape index (κ1) is 18.8. The molecule has 0 unspecified atom stereocenters. The number of ether oxygens (including phenoxy) is 1. The number of rotatable bonds is 6. The van der Waals surface area contributed by atoms with Gasteiger partial charge in [0.25, 0.3) is 5.56 Å². The molecule has 0 aliphatic heterocycles. The van der Waals surface area contributed by atoms with E-state index in [4.69, 9.17) is 4.74 Å². The lowest BCUT2D eigenvalue weighted by Gasteiger charge is -2.07. The third kappa shape index (κ3) is 3.87. The minimum Gasteiger partial charge on any atom is -0.383 e. The second-order valence-corrected chi connectivity index (χ2v) is 7.86. The number of halogens is 1. The number of fused-ring (bicyclic) bond motifs is 1. The number of hydrogen-bond acceptors (Lipinski definition) is 5. The number of carbonyl (C=O) groups excluding carboxylic acids is 1. The van der Waals surface area contributed by atoms with Crippen molar-refractivity contribution in [2.75, 3.05) is 20.3 Å². The zero-order valence-electron chi connectivity index (χ0n) is 14.4. The fourth-order valence-corrected chi connectivity index (χ4v) is 3.99. The Balaban J connectivity index is 2.00. The summed E-state index contributed by atoms with van der Waals surface area (Å²) in [4.78, 5) is 31.1. The molecule has 8 heteroatoms. The number of aryl methyl sites for hydroxylation is 1. The van der Waals surface area contributed by atoms with E-state index in [2.05, 4.69) is 26.2 Å². The zero-order valence-corrected chi connectivity index (χ0v) is 16.8. The average molecular weight is 436 g/mol. The SMILES string of the molecule is COCCNC(=O)Cn1cnc2sc(C)c(-c3ccc(Br)cc3)c2c1=O. The Bertz CT molecular complexity index is 995. The Kier molecular flexibility index (Phi) is 5.85. The highest BCUT2D eigenvalue weighted by molar-refractivity contribution is 9.10. The Labute approximate surface area is 163 Å². The quantitative estimate of drug-likeness (QED) is 0.604. The molecule has 0 fully saturated rings. The maximum Gasteiger partial charge on any atom is 0.263 e. The fourth-order valence-electron chi connectivity index (χ4n) is 2.72. The largest absolute Gasteiger partial charge is 0.383 e. The smallest absolute Gasteiger partial charge is 0.263 e. The normalized spacial score (nSPS) is 11.0. The van der Waals surface area contributed by atoms with E-state index in [1.54, 1.807) is 7.11 Å². The number of hydrogen-bond donors (Lipinski definition) is 1. The van der Waals surface area contributed by atoms with Gasteiger partial charge in [0.2, 0.25) is 5.91 Å². The number of methoxy groups -OCH3 is 1. The highest BCUT2D eigenvalue weighted by Crippen LogP contribution is 2.35. The Morgan fingerprint density at radius 2 is 2.08 bits per heavy atom. The van der Waals surface area contributed by atoms with Crippen molar-refractivity contribution in [3.63, 3.8) is 0 Å². The molecule has 3 rings (SSSR count). The second-order valence-electron chi connectivity index (χ2n) is 5.74. The third-order valence-corrected chi connectivity index (χ3v) is 5.47. The summed E-state index contributed by atoms with van der Waals surface area (Å²) in [6.45, 7) is 2.74. The molecule has 2 heterocycles. The number of nitrogens with zero attached hydrogens (tertiary/aromatic N) is 2. The van der Waals surface area contributed by atoms with Crippen LogP contribution in [0.3, 0.4) is 0 Å². The molecule has 0 radical (unpaired) electrons. The van der Waals surface area contributed by atoms with E-state index in [1.807, 2.05) is 31.2 Å². The van der Waals surface area contributed by atoms with Crippen LogP contribution in [0, 0.1) is 6.92 Å². The highest BCUT2D eigenvalue weighted by atomic mass is 79.9. The molecule has 0 saturated heterocycles. The van der Waals surface area contributed by atoms with Crippen LogP contribution in [0.4, 0.5) is 0 Å². The van der Waals surface area contributed by atoms with Crippen LogP contribution in [-0.2, 0) is 16.1 Å². The van der Waals surface area contributed by atoms with Crippen molar-refractivity contribution < 1.29 is 9.53 Å². The van der Waals surface area contributed by atoms with Gasteiger partial charge in [-0.15, -0.1) is 11.3 Å². The van der Waals surface area contributed by atoms with Crippen LogP contribution < -0.4 is 10.9 Å². The first-order valence-corrected chi connectivity index (χ1v) is 9.62. The molecule has 1 N–H and O–H groups in total. The maximum atomic E-state index is 13.0. The van der Waals surface area contributed by atoms with Crippen LogP contribution in [0.2, 0.25) is 0 Å². The standard InChI is InChI=1S/C18H18BrN3O3S/c1-11-15(12-3-5-13(19)6-4-12)16-17(26-11)21-10-22(18(16)24)9-14(23)20-7-8-25-2/h3-6,10H,7-9H2,1-2H3,(H,20,23). The van der Waals surface area contributed by atoms with E-state index >= 15 is 0 Å². The van der Waals surface area contributed by atoms with Crippen molar-refractivity contribution in [1.82, 2.24) is 14.9 Å². The molecule has 0 saturated carbocycles. The number of benzene rings is 1. The van der Waals surface area contributed by atoms with Gasteiger partial charge in [-0.2, -0.15) is 0 Å². The van der Waals surface area contributed by atoms with Gasteiger partial charge in [0.05, 0.1) is 18.3 Å². The minimum atomic E-state index is -0.248. The van der Waals surface area contributed by atoms with Crippen LogP contribution in [0.15, 0.2) is 39.9 Å². The molecular formula is C18H18BrN3O3S. The van der Waals surface area contributed by atoms with Gasteiger partial charge in [-0.05, 0) is 24.6 Å². The molecule has 0 aliphatic carbocycles. The number of aromatic nitrogens is 2. The summed E-state index contributed by atoms with van der Waals surface area (Å²) < 4.78 is 7.22. The zero-order chi connectivity index (χ0) is 18.7. The molecule has 2 aromatic heterocycles. The predicted octanol–water partition coefficient (Wildman–Crippen LogP) is 2.96. The molecule has 3 aromatic rings. The van der Waals surface area contributed by atoms with Crippen molar-refractivity contribution in [2.24, 2.45) is 0 Å². The molecule has 0 atom stereocenters. The van der Waals surface area contributed by atoms with Gasteiger partial charge >= 0.3 is 0 Å². The first-order valence-electron chi connectivity index (χ1n) is 8.01. The van der Waals surface area contributed by atoms with Crippen molar-refractivity contribution in [2.45, 2.75) is 13.5 Å². The summed E-state index contributed by atoms with van der Waals surface area (Å²) in [7, 11) is 1.57. The fraction of sp³-hybridized carbons (Fsp3) is 0.278. The summed E-state index contributed by atoms with van der Waals surface area (Å²) in [6.07, 6.45) is 1.43. The summed E-state index contributed by atoms with van der Waals surface area (Å²) in [5.74, 6) is -0.248. The van der Waals surface area contributed by atoms with Crippen LogP contribution in [0.5, 0.6) is 0 Å². The molecule has 136 valence electrons. The number of carbonyl (C=O) groups is 1. The average Bonchev–Trinajstić information content (AvgIpc) is 2.95. The van der Waals surface area contributed by atoms with Crippen LogP contribution >= 0.6 is 27.3 Å². The highest BCUT2D eigenvalue weighted by Gasteiger charge is 2.17. The van der Waals surface area contributed by atoms with Gasteiger partial charge in [0, 0.05) is 28.6 Å². The topological polar surface area (TPSA) is 73.2 Å². The monoisotopic (exact) mass is 435 g/mol. The molecular weight excluding hydrogens is 418 g/mol. The van der Waals surface area contributed by atoms with E-state index in [-0.39, 0.29) is 18.0 Å². The predicted molar refractivity (Wildman–Crippen MR) is 107 cm³/mol. The lowest BCUT2D eigenvalue weighted by atomic mass is 10.0. The van der Waals surface area contributed by atoms with E-state index in [9.17, 15) is 9.59 Å². The van der Waals surface area contributed by atoms with Crippen molar-refractivity contribution in [1.29, 1.82) is 0 Å².